The fraction of sp³-hybridized carbons (Fsp3) is 0.600. The van der Waals surface area contributed by atoms with E-state index in [4.69, 9.17) is 0 Å². The molecule has 70 valence electrons. The Bertz CT molecular complexity index is 341. The first-order chi connectivity index (χ1) is 6.13. The van der Waals surface area contributed by atoms with Gasteiger partial charge in [-0.1, -0.05) is 13.8 Å². The number of hydrogen-bond donors (Lipinski definition) is 0. The molecule has 0 radical (unpaired) electrons. The van der Waals surface area contributed by atoms with Gasteiger partial charge in [0.25, 0.3) is 0 Å². The average molecular weight is 195 g/mol. The smallest absolute Gasteiger partial charge is 0.178 e. The zero-order chi connectivity index (χ0) is 9.47. The molecular formula is C10H13NOS. The first-order valence-corrected chi connectivity index (χ1v) is 5.40. The molecule has 0 saturated heterocycles. The molecule has 1 aliphatic carbocycles. The minimum absolute atomic E-state index is 0.172. The zero-order valence-electron chi connectivity index (χ0n) is 7.96. The summed E-state index contributed by atoms with van der Waals surface area (Å²) in [7, 11) is 0. The van der Waals surface area contributed by atoms with Crippen LogP contribution in [-0.2, 0) is 11.8 Å². The molecule has 1 aromatic rings. The number of carbonyl (C=O) groups excluding carboxylic acids is 1. The lowest BCUT2D eigenvalue weighted by Gasteiger charge is -2.27. The SMILES string of the molecule is CC1(C)CCCc2sc(C=O)nc21. The Kier molecular flexibility index (Phi) is 1.99. The van der Waals surface area contributed by atoms with Gasteiger partial charge in [-0.25, -0.2) is 4.98 Å². The van der Waals surface area contributed by atoms with Gasteiger partial charge in [0.15, 0.2) is 11.3 Å². The van der Waals surface area contributed by atoms with Crippen LogP contribution in [0, 0.1) is 0 Å². The van der Waals surface area contributed by atoms with Crippen LogP contribution in [-0.4, -0.2) is 11.3 Å². The third-order valence-electron chi connectivity index (χ3n) is 2.66. The first-order valence-electron chi connectivity index (χ1n) is 4.59. The summed E-state index contributed by atoms with van der Waals surface area (Å²) in [6.45, 7) is 4.42. The summed E-state index contributed by atoms with van der Waals surface area (Å²) in [6, 6.07) is 0. The van der Waals surface area contributed by atoms with Gasteiger partial charge in [-0.3, -0.25) is 4.79 Å². The fourth-order valence-electron chi connectivity index (χ4n) is 1.93. The highest BCUT2D eigenvalue weighted by molar-refractivity contribution is 7.13. The minimum atomic E-state index is 0.172. The summed E-state index contributed by atoms with van der Waals surface area (Å²) < 4.78 is 0. The Morgan fingerprint density at radius 2 is 2.31 bits per heavy atom. The van der Waals surface area contributed by atoms with Crippen molar-refractivity contribution in [1.82, 2.24) is 4.98 Å². The van der Waals surface area contributed by atoms with E-state index in [1.165, 1.54) is 17.7 Å². The van der Waals surface area contributed by atoms with Gasteiger partial charge < -0.3 is 0 Å². The molecule has 0 atom stereocenters. The maximum absolute atomic E-state index is 10.6. The Hall–Kier alpha value is -0.700. The van der Waals surface area contributed by atoms with Crippen molar-refractivity contribution in [2.75, 3.05) is 0 Å². The van der Waals surface area contributed by atoms with Gasteiger partial charge in [0.2, 0.25) is 0 Å². The molecular weight excluding hydrogens is 182 g/mol. The van der Waals surface area contributed by atoms with Crippen LogP contribution in [0.5, 0.6) is 0 Å². The second-order valence-electron chi connectivity index (χ2n) is 4.18. The normalized spacial score (nSPS) is 19.5. The number of aldehydes is 1. The maximum atomic E-state index is 10.6. The molecule has 0 aromatic carbocycles. The molecule has 2 rings (SSSR count). The summed E-state index contributed by atoms with van der Waals surface area (Å²) >= 11 is 1.56. The molecule has 1 aliphatic rings. The number of carbonyl (C=O) groups is 1. The molecule has 0 bridgehead atoms. The fourth-order valence-corrected chi connectivity index (χ4v) is 3.03. The third kappa shape index (κ3) is 1.41. The number of rotatable bonds is 1. The van der Waals surface area contributed by atoms with Crippen molar-refractivity contribution < 1.29 is 4.79 Å². The quantitative estimate of drug-likeness (QED) is 0.645. The summed E-state index contributed by atoms with van der Waals surface area (Å²) in [5.41, 5.74) is 1.33. The van der Waals surface area contributed by atoms with Crippen LogP contribution in [0.15, 0.2) is 0 Å². The minimum Gasteiger partial charge on any atom is -0.295 e. The molecule has 0 unspecified atom stereocenters. The molecule has 13 heavy (non-hydrogen) atoms. The van der Waals surface area contributed by atoms with Crippen molar-refractivity contribution in [1.29, 1.82) is 0 Å². The van der Waals surface area contributed by atoms with Gasteiger partial charge in [0.05, 0.1) is 5.69 Å². The standard InChI is InChI=1S/C10H13NOS/c1-10(2)5-3-4-7-9(10)11-8(6-12)13-7/h6H,3-5H2,1-2H3. The predicted octanol–water partition coefficient (Wildman–Crippen LogP) is 2.57. The van der Waals surface area contributed by atoms with E-state index in [1.807, 2.05) is 0 Å². The topological polar surface area (TPSA) is 30.0 Å². The van der Waals surface area contributed by atoms with Crippen molar-refractivity contribution in [3.63, 3.8) is 0 Å². The molecule has 0 spiro atoms. The van der Waals surface area contributed by atoms with Crippen molar-refractivity contribution in [3.05, 3.63) is 15.6 Å². The van der Waals surface area contributed by atoms with E-state index in [2.05, 4.69) is 18.8 Å². The molecule has 0 N–H and O–H groups in total. The van der Waals surface area contributed by atoms with Gasteiger partial charge in [0, 0.05) is 10.3 Å². The second kappa shape index (κ2) is 2.91. The number of aryl methyl sites for hydroxylation is 1. The Morgan fingerprint density at radius 3 is 2.92 bits per heavy atom. The molecule has 3 heteroatoms. The van der Waals surface area contributed by atoms with Crippen LogP contribution in [0.25, 0.3) is 0 Å². The van der Waals surface area contributed by atoms with Crippen LogP contribution in [0.2, 0.25) is 0 Å². The molecule has 1 aromatic heterocycles. The number of thiazole rings is 1. The molecule has 0 aliphatic heterocycles. The van der Waals surface area contributed by atoms with Crippen LogP contribution in [0.4, 0.5) is 0 Å². The summed E-state index contributed by atoms with van der Waals surface area (Å²) in [5.74, 6) is 0. The van der Waals surface area contributed by atoms with Crippen molar-refractivity contribution in [2.24, 2.45) is 0 Å². The van der Waals surface area contributed by atoms with Crippen molar-refractivity contribution in [2.45, 2.75) is 38.5 Å². The lowest BCUT2D eigenvalue weighted by molar-refractivity contribution is 0.112. The van der Waals surface area contributed by atoms with Gasteiger partial charge in [-0.2, -0.15) is 0 Å². The molecule has 1 heterocycles. The Balaban J connectivity index is 2.50. The first kappa shape index (κ1) is 8.88. The average Bonchev–Trinajstić information content (AvgIpc) is 2.48. The highest BCUT2D eigenvalue weighted by Crippen LogP contribution is 2.38. The van der Waals surface area contributed by atoms with Crippen LogP contribution < -0.4 is 0 Å². The lowest BCUT2D eigenvalue weighted by atomic mass is 9.79. The van der Waals surface area contributed by atoms with E-state index in [0.29, 0.717) is 5.01 Å². The Morgan fingerprint density at radius 1 is 1.54 bits per heavy atom. The summed E-state index contributed by atoms with van der Waals surface area (Å²) in [5, 5.41) is 0.639. The number of hydrogen-bond acceptors (Lipinski definition) is 3. The monoisotopic (exact) mass is 195 g/mol. The second-order valence-corrected chi connectivity index (χ2v) is 5.29. The van der Waals surface area contributed by atoms with E-state index in [-0.39, 0.29) is 5.41 Å². The van der Waals surface area contributed by atoms with Crippen LogP contribution in [0.3, 0.4) is 0 Å². The van der Waals surface area contributed by atoms with Crippen molar-refractivity contribution in [3.8, 4) is 0 Å². The number of fused-ring (bicyclic) bond motifs is 1. The van der Waals surface area contributed by atoms with Crippen molar-refractivity contribution >= 4 is 17.6 Å². The van der Waals surface area contributed by atoms with Crippen LogP contribution in [0.1, 0.15) is 47.1 Å². The van der Waals surface area contributed by atoms with Gasteiger partial charge in [0.1, 0.15) is 0 Å². The van der Waals surface area contributed by atoms with E-state index >= 15 is 0 Å². The summed E-state index contributed by atoms with van der Waals surface area (Å²) in [4.78, 5) is 16.3. The number of aromatic nitrogens is 1. The molecule has 0 fully saturated rings. The maximum Gasteiger partial charge on any atom is 0.178 e. The predicted molar refractivity (Wildman–Crippen MR) is 53.5 cm³/mol. The van der Waals surface area contributed by atoms with E-state index < -0.39 is 0 Å². The Labute approximate surface area is 82.0 Å². The molecule has 2 nitrogen and oxygen atoms in total. The molecule has 0 amide bonds. The number of nitrogens with zero attached hydrogens (tertiary/aromatic N) is 1. The van der Waals surface area contributed by atoms with Crippen LogP contribution >= 0.6 is 11.3 Å². The van der Waals surface area contributed by atoms with Gasteiger partial charge in [-0.05, 0) is 19.3 Å². The van der Waals surface area contributed by atoms with Gasteiger partial charge >= 0.3 is 0 Å². The van der Waals surface area contributed by atoms with E-state index in [1.54, 1.807) is 11.3 Å². The highest BCUT2D eigenvalue weighted by atomic mass is 32.1. The molecule has 0 saturated carbocycles. The zero-order valence-corrected chi connectivity index (χ0v) is 8.78. The third-order valence-corrected chi connectivity index (χ3v) is 3.70. The lowest BCUT2D eigenvalue weighted by Crippen LogP contribution is -2.23. The van der Waals surface area contributed by atoms with E-state index in [9.17, 15) is 4.79 Å². The largest absolute Gasteiger partial charge is 0.295 e. The highest BCUT2D eigenvalue weighted by Gasteiger charge is 2.30. The van der Waals surface area contributed by atoms with Gasteiger partial charge in [-0.15, -0.1) is 11.3 Å². The van der Waals surface area contributed by atoms with E-state index in [0.717, 1.165) is 18.4 Å². The summed E-state index contributed by atoms with van der Waals surface area (Å²) in [6.07, 6.45) is 4.37.